The molecule has 0 N–H and O–H groups in total. The third kappa shape index (κ3) is 10.8. The number of rotatable bonds is 4. The fourth-order valence-corrected chi connectivity index (χ4v) is 22.2. The maximum absolute atomic E-state index is 5.13. The van der Waals surface area contributed by atoms with Crippen LogP contribution in [0.4, 0.5) is 0 Å². The van der Waals surface area contributed by atoms with Gasteiger partial charge in [-0.05, 0) is 80.4 Å². The largest absolute Gasteiger partial charge is 0.285 e. The molecular weight excluding hydrogens is 369 g/mol. The van der Waals surface area contributed by atoms with Crippen molar-refractivity contribution in [2.24, 2.45) is 22.8 Å². The van der Waals surface area contributed by atoms with Crippen LogP contribution >= 0.6 is 35.9 Å². The summed E-state index contributed by atoms with van der Waals surface area (Å²) in [6.45, 7) is 24.2. The first-order chi connectivity index (χ1) is 9.39. The van der Waals surface area contributed by atoms with Crippen molar-refractivity contribution < 1.29 is 0 Å². The van der Waals surface area contributed by atoms with Crippen molar-refractivity contribution in [3.63, 3.8) is 0 Å². The van der Waals surface area contributed by atoms with Gasteiger partial charge in [0.05, 0.1) is 28.8 Å². The molecule has 0 unspecified atom stereocenters. The zero-order valence-electron chi connectivity index (χ0n) is 16.5. The van der Waals surface area contributed by atoms with Crippen LogP contribution < -0.4 is 0 Å². The molecule has 0 amide bonds. The lowest BCUT2D eigenvalue weighted by Gasteiger charge is -2.22. The standard InChI is InChI=1S/C12H36N5P5/c1-13-19(5,6)15-21(9,10)17-22(11,12)16-20(7,8)14-18(2,3)4/h1-12H3. The van der Waals surface area contributed by atoms with Crippen LogP contribution in [0.3, 0.4) is 0 Å². The Kier molecular flexibility index (Phi) is 7.98. The molecule has 0 saturated heterocycles. The highest BCUT2D eigenvalue weighted by atomic mass is 31.2. The van der Waals surface area contributed by atoms with E-state index >= 15 is 0 Å². The second-order valence-electron chi connectivity index (χ2n) is 7.85. The van der Waals surface area contributed by atoms with Gasteiger partial charge in [-0.2, -0.15) is 0 Å². The fraction of sp³-hybridized carbons (Fsp3) is 1.00. The van der Waals surface area contributed by atoms with Gasteiger partial charge in [-0.25, -0.2) is 13.5 Å². The summed E-state index contributed by atoms with van der Waals surface area (Å²) >= 11 is 0. The first-order valence-electron chi connectivity index (χ1n) is 7.17. The van der Waals surface area contributed by atoms with Crippen LogP contribution in [0, 0.1) is 0 Å². The summed E-state index contributed by atoms with van der Waals surface area (Å²) in [4.78, 5) is 0. The van der Waals surface area contributed by atoms with Crippen molar-refractivity contribution in [2.75, 3.05) is 80.4 Å². The summed E-state index contributed by atoms with van der Waals surface area (Å²) < 4.78 is 24.7. The Morgan fingerprint density at radius 2 is 0.682 bits per heavy atom. The van der Waals surface area contributed by atoms with Gasteiger partial charge in [-0.15, -0.1) is 0 Å². The molecule has 0 aliphatic carbocycles. The molecule has 0 rings (SSSR count). The van der Waals surface area contributed by atoms with Crippen molar-refractivity contribution in [3.05, 3.63) is 0 Å². The Morgan fingerprint density at radius 1 is 0.409 bits per heavy atom. The van der Waals surface area contributed by atoms with Crippen LogP contribution in [0.1, 0.15) is 0 Å². The van der Waals surface area contributed by atoms with E-state index in [0.29, 0.717) is 0 Å². The minimum absolute atomic E-state index is 1.18. The summed E-state index contributed by atoms with van der Waals surface area (Å²) in [5.74, 6) is 0. The van der Waals surface area contributed by atoms with E-state index in [2.05, 4.69) is 78.1 Å². The molecule has 0 heterocycles. The average molecular weight is 405 g/mol. The number of hydrogen-bond acceptors (Lipinski definition) is 1. The van der Waals surface area contributed by atoms with E-state index in [9.17, 15) is 0 Å². The minimum Gasteiger partial charge on any atom is -0.285 e. The maximum Gasteiger partial charge on any atom is 0.0750 e. The summed E-state index contributed by atoms with van der Waals surface area (Å²) in [6.07, 6.45) is 0. The van der Waals surface area contributed by atoms with Gasteiger partial charge in [0, 0.05) is 7.05 Å². The van der Waals surface area contributed by atoms with Gasteiger partial charge in [0.1, 0.15) is 0 Å². The molecule has 0 radical (unpaired) electrons. The Labute approximate surface area is 139 Å². The van der Waals surface area contributed by atoms with Crippen LogP contribution in [0.15, 0.2) is 22.8 Å². The molecule has 22 heavy (non-hydrogen) atoms. The molecule has 10 heteroatoms. The maximum atomic E-state index is 5.13. The van der Waals surface area contributed by atoms with Crippen molar-refractivity contribution in [1.82, 2.24) is 0 Å². The molecule has 0 aromatic heterocycles. The molecule has 0 aliphatic heterocycles. The van der Waals surface area contributed by atoms with E-state index in [-0.39, 0.29) is 0 Å². The highest BCUT2D eigenvalue weighted by Crippen LogP contribution is 2.67. The molecule has 5 nitrogen and oxygen atoms in total. The number of nitrogens with zero attached hydrogens (tertiary/aromatic N) is 5. The van der Waals surface area contributed by atoms with Crippen molar-refractivity contribution in [3.8, 4) is 0 Å². The van der Waals surface area contributed by atoms with Gasteiger partial charge < -0.3 is 0 Å². The van der Waals surface area contributed by atoms with Gasteiger partial charge in [-0.3, -0.25) is 9.26 Å². The Hall–Kier alpha value is 1.15. The Morgan fingerprint density at radius 3 is 0.955 bits per heavy atom. The molecule has 0 bridgehead atoms. The van der Waals surface area contributed by atoms with Crippen molar-refractivity contribution in [2.45, 2.75) is 0 Å². The molecule has 0 spiro atoms. The van der Waals surface area contributed by atoms with Crippen LogP contribution in [0.5, 0.6) is 0 Å². The lowest BCUT2D eigenvalue weighted by Crippen LogP contribution is -1.79. The predicted molar refractivity (Wildman–Crippen MR) is 118 cm³/mol. The molecule has 0 aromatic carbocycles. The highest BCUT2D eigenvalue weighted by molar-refractivity contribution is 7.83. The van der Waals surface area contributed by atoms with Gasteiger partial charge in [0.15, 0.2) is 0 Å². The molecule has 134 valence electrons. The topological polar surface area (TPSA) is 61.8 Å². The zero-order valence-corrected chi connectivity index (χ0v) is 20.9. The lowest BCUT2D eigenvalue weighted by atomic mass is 11.6. The van der Waals surface area contributed by atoms with E-state index in [4.69, 9.17) is 18.1 Å². The molecule has 0 aromatic rings. The highest BCUT2D eigenvalue weighted by Gasteiger charge is 2.16. The van der Waals surface area contributed by atoms with Crippen LogP contribution in [0.2, 0.25) is 0 Å². The monoisotopic (exact) mass is 405 g/mol. The molecule has 0 saturated carbocycles. The third-order valence-electron chi connectivity index (χ3n) is 2.29. The van der Waals surface area contributed by atoms with Gasteiger partial charge in [-0.1, -0.05) is 0 Å². The van der Waals surface area contributed by atoms with Crippen LogP contribution in [-0.4, -0.2) is 80.4 Å². The SMILES string of the molecule is CN=P(C)(C)N=P(C)(C)N=P(C)(C)N=P(C)(C)N=P(C)(C)C. The van der Waals surface area contributed by atoms with E-state index in [0.717, 1.165) is 0 Å². The second-order valence-corrected chi connectivity index (χ2v) is 25.7. The quantitative estimate of drug-likeness (QED) is 0.444. The second kappa shape index (κ2) is 7.58. The average Bonchev–Trinajstić information content (AvgIpc) is 2.06. The normalized spacial score (nSPS) is 14.4. The fourth-order valence-electron chi connectivity index (χ4n) is 2.36. The first-order valence-corrected chi connectivity index (χ1v) is 20.6. The summed E-state index contributed by atoms with van der Waals surface area (Å²) in [7, 11) is -5.88. The smallest absolute Gasteiger partial charge is 0.0750 e. The minimum atomic E-state index is -1.71. The van der Waals surface area contributed by atoms with E-state index in [1.807, 2.05) is 7.05 Å². The van der Waals surface area contributed by atoms with Crippen molar-refractivity contribution >= 4 is 35.9 Å². The van der Waals surface area contributed by atoms with Crippen LogP contribution in [0.25, 0.3) is 0 Å². The lowest BCUT2D eigenvalue weighted by molar-refractivity contribution is 1.46. The molecule has 0 aliphatic rings. The Balaban J connectivity index is 6.18. The molecule has 0 atom stereocenters. The van der Waals surface area contributed by atoms with E-state index < -0.39 is 35.9 Å². The zero-order chi connectivity index (χ0) is 18.0. The van der Waals surface area contributed by atoms with Gasteiger partial charge in [0.2, 0.25) is 0 Å². The first kappa shape index (κ1) is 23.1. The summed E-state index contributed by atoms with van der Waals surface area (Å²) in [5, 5.41) is 0. The molecular formula is C12H36N5P5. The summed E-state index contributed by atoms with van der Waals surface area (Å²) in [5.41, 5.74) is 0. The predicted octanol–water partition coefficient (Wildman–Crippen LogP) is 7.21. The van der Waals surface area contributed by atoms with Crippen molar-refractivity contribution in [1.29, 1.82) is 0 Å². The summed E-state index contributed by atoms with van der Waals surface area (Å²) in [6, 6.07) is 0. The number of hydrogen-bond donors (Lipinski definition) is 0. The Bertz CT molecular complexity index is 662. The molecule has 0 fully saturated rings. The van der Waals surface area contributed by atoms with E-state index in [1.54, 1.807) is 0 Å². The van der Waals surface area contributed by atoms with Gasteiger partial charge in [0.25, 0.3) is 0 Å². The third-order valence-corrected chi connectivity index (χ3v) is 17.7. The van der Waals surface area contributed by atoms with E-state index in [1.165, 1.54) is 0 Å². The van der Waals surface area contributed by atoms with Gasteiger partial charge >= 0.3 is 0 Å². The van der Waals surface area contributed by atoms with Crippen LogP contribution in [-0.2, 0) is 0 Å².